The summed E-state index contributed by atoms with van der Waals surface area (Å²) in [4.78, 5) is 95.9. The Morgan fingerprint density at radius 3 is 1.44 bits per heavy atom. The first kappa shape index (κ1) is 43.7. The molecular weight excluding hydrogens is 742 g/mol. The summed E-state index contributed by atoms with van der Waals surface area (Å²) < 4.78 is 62.3. The van der Waals surface area contributed by atoms with Gasteiger partial charge in [-0.1, -0.05) is 12.1 Å². The molecule has 3 rings (SSSR count). The van der Waals surface area contributed by atoms with E-state index >= 15 is 0 Å². The van der Waals surface area contributed by atoms with Crippen LogP contribution in [0.25, 0.3) is 6.08 Å². The maximum Gasteiger partial charge on any atom is 0.303 e. The van der Waals surface area contributed by atoms with E-state index in [9.17, 15) is 43.7 Å². The summed E-state index contributed by atoms with van der Waals surface area (Å²) in [6.45, 7) is 6.09. The monoisotopic (exact) mass is 783 g/mol. The molecule has 0 saturated carbocycles. The Bertz CT molecular complexity index is 1610. The smallest absolute Gasteiger partial charge is 0.303 e. The van der Waals surface area contributed by atoms with Crippen LogP contribution in [0.5, 0.6) is 5.75 Å². The highest BCUT2D eigenvalue weighted by Crippen LogP contribution is 2.36. The molecule has 0 aromatic heterocycles. The van der Waals surface area contributed by atoms with Gasteiger partial charge in [0.15, 0.2) is 30.7 Å². The summed E-state index contributed by atoms with van der Waals surface area (Å²) in [5.74, 6) is -6.04. The Morgan fingerprint density at radius 1 is 0.582 bits per heavy atom. The number of rotatable bonds is 15. The van der Waals surface area contributed by atoms with Crippen LogP contribution in [0.3, 0.4) is 0 Å². The van der Waals surface area contributed by atoms with Crippen molar-refractivity contribution in [1.29, 1.82) is 0 Å². The standard InChI is InChI=1S/C34H41NO20/c1-16(36)45-14-25-27(47-18(3)38)29(48-19(4)39)32(51-22(7)42)34(54-25)55-28-26(15-46-17(2)37)53-33(31(50-21(6)41)30(28)49-20(5)40)52-24-10-8-23(9-11-24)12-13-35(43)44/h8-13,25-34H,14-15H2,1-7H3/b13-12+/t25-,26-,27-,28-,29+,30+,31-,32-,33-,34+/m1/s1. The summed E-state index contributed by atoms with van der Waals surface area (Å²) in [7, 11) is 0. The highest BCUT2D eigenvalue weighted by Gasteiger charge is 2.58. The predicted molar refractivity (Wildman–Crippen MR) is 176 cm³/mol. The van der Waals surface area contributed by atoms with Gasteiger partial charge >= 0.3 is 41.8 Å². The zero-order valence-electron chi connectivity index (χ0n) is 30.8. The molecule has 2 heterocycles. The van der Waals surface area contributed by atoms with Crippen LogP contribution in [-0.4, -0.2) is 121 Å². The predicted octanol–water partition coefficient (Wildman–Crippen LogP) is 0.933. The van der Waals surface area contributed by atoms with Crippen molar-refractivity contribution in [3.05, 3.63) is 46.1 Å². The van der Waals surface area contributed by atoms with Crippen LogP contribution < -0.4 is 4.74 Å². The fourth-order valence-electron chi connectivity index (χ4n) is 5.51. The van der Waals surface area contributed by atoms with Crippen molar-refractivity contribution in [2.45, 2.75) is 110 Å². The van der Waals surface area contributed by atoms with Gasteiger partial charge < -0.3 is 52.1 Å². The molecule has 0 aliphatic carbocycles. The highest BCUT2D eigenvalue weighted by molar-refractivity contribution is 5.69. The van der Waals surface area contributed by atoms with Crippen molar-refractivity contribution in [3.63, 3.8) is 0 Å². The van der Waals surface area contributed by atoms with Crippen molar-refractivity contribution < 1.29 is 90.6 Å². The molecule has 2 saturated heterocycles. The van der Waals surface area contributed by atoms with Gasteiger partial charge in [0.05, 0.1) is 4.92 Å². The van der Waals surface area contributed by atoms with Gasteiger partial charge in [-0.15, -0.1) is 0 Å². The van der Waals surface area contributed by atoms with Crippen molar-refractivity contribution >= 4 is 47.9 Å². The molecule has 0 amide bonds. The molecule has 0 spiro atoms. The first-order valence-electron chi connectivity index (χ1n) is 16.5. The largest absolute Gasteiger partial charge is 0.463 e. The van der Waals surface area contributed by atoms with Gasteiger partial charge in [-0.05, 0) is 17.7 Å². The second-order valence-corrected chi connectivity index (χ2v) is 11.9. The minimum Gasteiger partial charge on any atom is -0.463 e. The lowest BCUT2D eigenvalue weighted by Crippen LogP contribution is -2.67. The van der Waals surface area contributed by atoms with Crippen molar-refractivity contribution in [3.8, 4) is 5.75 Å². The van der Waals surface area contributed by atoms with Crippen molar-refractivity contribution in [2.75, 3.05) is 13.2 Å². The minimum atomic E-state index is -1.85. The lowest BCUT2D eigenvalue weighted by molar-refractivity contribution is -0.400. The van der Waals surface area contributed by atoms with E-state index in [1.54, 1.807) is 0 Å². The van der Waals surface area contributed by atoms with Gasteiger partial charge in [0, 0.05) is 54.5 Å². The van der Waals surface area contributed by atoms with E-state index in [1.807, 2.05) is 0 Å². The Morgan fingerprint density at radius 2 is 0.982 bits per heavy atom. The molecule has 21 heteroatoms. The first-order valence-corrected chi connectivity index (χ1v) is 16.5. The lowest BCUT2D eigenvalue weighted by Gasteiger charge is -2.48. The summed E-state index contributed by atoms with van der Waals surface area (Å²) in [6.07, 6.45) is -14.3. The molecule has 0 unspecified atom stereocenters. The molecule has 0 bridgehead atoms. The third-order valence-corrected chi connectivity index (χ3v) is 7.41. The molecule has 55 heavy (non-hydrogen) atoms. The number of carbonyl (C=O) groups excluding carboxylic acids is 7. The molecule has 2 aliphatic heterocycles. The van der Waals surface area contributed by atoms with E-state index in [0.717, 1.165) is 54.7 Å². The topological polar surface area (TPSA) is 264 Å². The molecular formula is C34H41NO20. The Balaban J connectivity index is 2.15. The van der Waals surface area contributed by atoms with Crippen LogP contribution in [0.4, 0.5) is 0 Å². The SMILES string of the molecule is CC(=O)OC[C@H]1O[C@@H](O[C@H]2[C@H](OC(C)=O)[C@@H](OC(C)=O)[C@H](Oc3ccc(/C=C/[N+](=O)[O-])cc3)O[C@@H]2COC(C)=O)[C@H](OC(C)=O)[C@@H](OC(C)=O)[C@@H]1OC(C)=O. The number of carbonyl (C=O) groups is 7. The summed E-state index contributed by atoms with van der Waals surface area (Å²) in [6, 6.07) is 5.76. The van der Waals surface area contributed by atoms with Gasteiger partial charge in [0.2, 0.25) is 18.6 Å². The van der Waals surface area contributed by atoms with Crippen LogP contribution in [0, 0.1) is 10.1 Å². The van der Waals surface area contributed by atoms with E-state index in [4.69, 9.17) is 52.1 Å². The number of ether oxygens (including phenoxy) is 11. The normalized spacial score (nSPS) is 27.5. The number of esters is 7. The maximum atomic E-state index is 12.6. The molecule has 1 aromatic carbocycles. The Labute approximate surface area is 313 Å². The van der Waals surface area contributed by atoms with Crippen LogP contribution in [0.15, 0.2) is 30.5 Å². The molecule has 0 N–H and O–H groups in total. The lowest BCUT2D eigenvalue weighted by atomic mass is 9.96. The van der Waals surface area contributed by atoms with E-state index in [2.05, 4.69) is 0 Å². The van der Waals surface area contributed by atoms with Crippen LogP contribution in [0.1, 0.15) is 54.0 Å². The maximum absolute atomic E-state index is 12.6. The third kappa shape index (κ3) is 13.6. The van der Waals surface area contributed by atoms with Gasteiger partial charge in [-0.25, -0.2) is 0 Å². The van der Waals surface area contributed by atoms with Crippen LogP contribution in [-0.2, 0) is 80.9 Å². The van der Waals surface area contributed by atoms with Crippen molar-refractivity contribution in [1.82, 2.24) is 0 Å². The third-order valence-electron chi connectivity index (χ3n) is 7.41. The van der Waals surface area contributed by atoms with Gasteiger partial charge in [-0.2, -0.15) is 0 Å². The fraction of sp³-hybridized carbons (Fsp3) is 0.559. The molecule has 0 radical (unpaired) electrons. The zero-order chi connectivity index (χ0) is 41.0. The molecule has 2 fully saturated rings. The van der Waals surface area contributed by atoms with Crippen LogP contribution in [0.2, 0.25) is 0 Å². The first-order chi connectivity index (χ1) is 25.8. The molecule has 302 valence electrons. The van der Waals surface area contributed by atoms with Gasteiger partial charge in [0.25, 0.3) is 0 Å². The average molecular weight is 784 g/mol. The van der Waals surface area contributed by atoms with E-state index in [-0.39, 0.29) is 5.75 Å². The van der Waals surface area contributed by atoms with E-state index in [1.165, 1.54) is 30.3 Å². The Kier molecular flexibility index (Phi) is 16.0. The van der Waals surface area contributed by atoms with Crippen molar-refractivity contribution in [2.24, 2.45) is 0 Å². The molecule has 1 aromatic rings. The fourth-order valence-corrected chi connectivity index (χ4v) is 5.51. The quantitative estimate of drug-likeness (QED) is 0.104. The number of hydrogen-bond acceptors (Lipinski definition) is 20. The second kappa shape index (κ2) is 20.1. The number of nitrogens with zero attached hydrogens (tertiary/aromatic N) is 1. The molecule has 10 atom stereocenters. The van der Waals surface area contributed by atoms with E-state index in [0.29, 0.717) is 5.56 Å². The molecule has 21 nitrogen and oxygen atoms in total. The van der Waals surface area contributed by atoms with Gasteiger partial charge in [0.1, 0.15) is 37.3 Å². The number of hydrogen-bond donors (Lipinski definition) is 0. The zero-order valence-corrected chi connectivity index (χ0v) is 30.8. The van der Waals surface area contributed by atoms with E-state index < -0.39 is 121 Å². The van der Waals surface area contributed by atoms with Crippen LogP contribution >= 0.6 is 0 Å². The average Bonchev–Trinajstić information content (AvgIpc) is 3.06. The van der Waals surface area contributed by atoms with Gasteiger partial charge in [-0.3, -0.25) is 43.7 Å². The Hall–Kier alpha value is -5.67. The molecule has 2 aliphatic rings. The summed E-state index contributed by atoms with van der Waals surface area (Å²) in [5, 5.41) is 10.7. The highest BCUT2D eigenvalue weighted by atomic mass is 16.8. The summed E-state index contributed by atoms with van der Waals surface area (Å²) >= 11 is 0. The number of nitro groups is 1. The minimum absolute atomic E-state index is 0.0900. The summed E-state index contributed by atoms with van der Waals surface area (Å²) in [5.41, 5.74) is 0.425. The number of benzene rings is 1. The second-order valence-electron chi connectivity index (χ2n) is 11.9.